The van der Waals surface area contributed by atoms with Crippen molar-refractivity contribution in [3.05, 3.63) is 40.1 Å². The Balaban J connectivity index is 1.45. The van der Waals surface area contributed by atoms with E-state index in [0.29, 0.717) is 58.9 Å². The summed E-state index contributed by atoms with van der Waals surface area (Å²) in [4.78, 5) is 25.4. The smallest absolute Gasteiger partial charge is 0.319 e. The van der Waals surface area contributed by atoms with Gasteiger partial charge in [0.2, 0.25) is 11.8 Å². The third kappa shape index (κ3) is 5.08. The van der Waals surface area contributed by atoms with Gasteiger partial charge in [-0.05, 0) is 19.1 Å². The Morgan fingerprint density at radius 1 is 1.06 bits per heavy atom. The van der Waals surface area contributed by atoms with E-state index >= 15 is 0 Å². The van der Waals surface area contributed by atoms with Gasteiger partial charge in [-0.15, -0.1) is 0 Å². The van der Waals surface area contributed by atoms with Crippen molar-refractivity contribution >= 4 is 34.8 Å². The number of amides is 1. The van der Waals surface area contributed by atoms with Gasteiger partial charge in [0.15, 0.2) is 0 Å². The molecule has 0 spiro atoms. The monoisotopic (exact) mass is 520 g/mol. The van der Waals surface area contributed by atoms with Crippen molar-refractivity contribution in [1.82, 2.24) is 24.6 Å². The molecule has 10 nitrogen and oxygen atoms in total. The Morgan fingerprint density at radius 3 is 2.46 bits per heavy atom. The quantitative estimate of drug-likeness (QED) is 0.468. The predicted molar refractivity (Wildman–Crippen MR) is 133 cm³/mol. The summed E-state index contributed by atoms with van der Waals surface area (Å²) < 4.78 is 17.3. The number of piperazine rings is 1. The van der Waals surface area contributed by atoms with E-state index in [4.69, 9.17) is 37.4 Å². The van der Waals surface area contributed by atoms with Crippen LogP contribution in [0.1, 0.15) is 5.69 Å². The molecule has 0 unspecified atom stereocenters. The van der Waals surface area contributed by atoms with Crippen LogP contribution in [0, 0.1) is 6.92 Å². The van der Waals surface area contributed by atoms with Crippen molar-refractivity contribution in [2.75, 3.05) is 52.4 Å². The largest absolute Gasteiger partial charge is 0.495 e. The van der Waals surface area contributed by atoms with Gasteiger partial charge in [-0.25, -0.2) is 4.98 Å². The van der Waals surface area contributed by atoms with Crippen molar-refractivity contribution in [3.63, 3.8) is 0 Å². The highest BCUT2D eigenvalue weighted by Crippen LogP contribution is 2.35. The fourth-order valence-electron chi connectivity index (χ4n) is 3.90. The van der Waals surface area contributed by atoms with Gasteiger partial charge in [0, 0.05) is 44.1 Å². The number of halogens is 2. The number of benzene rings is 1. The molecule has 3 heterocycles. The third-order valence-electron chi connectivity index (χ3n) is 5.91. The molecule has 0 atom stereocenters. The summed E-state index contributed by atoms with van der Waals surface area (Å²) in [6.07, 6.45) is 1.54. The minimum Gasteiger partial charge on any atom is -0.495 e. The van der Waals surface area contributed by atoms with E-state index in [-0.39, 0.29) is 24.3 Å². The van der Waals surface area contributed by atoms with E-state index in [2.05, 4.69) is 20.0 Å². The number of ether oxygens (including phenoxy) is 3. The van der Waals surface area contributed by atoms with Crippen LogP contribution in [0.4, 0.5) is 5.69 Å². The number of nitrogens with zero attached hydrogens (tertiary/aromatic N) is 6. The topological polar surface area (TPSA) is 94.8 Å². The lowest BCUT2D eigenvalue weighted by molar-refractivity contribution is -0.132. The van der Waals surface area contributed by atoms with Crippen molar-refractivity contribution in [2.24, 2.45) is 0 Å². The summed E-state index contributed by atoms with van der Waals surface area (Å²) >= 11 is 12.7. The number of carbonyl (C=O) groups excluding carboxylic acids is 1. The second-order valence-electron chi connectivity index (χ2n) is 7.87. The summed E-state index contributed by atoms with van der Waals surface area (Å²) in [5, 5.41) is 5.54. The number of rotatable bonds is 7. The molecule has 1 saturated heterocycles. The number of hydrogen-bond donors (Lipinski definition) is 0. The normalized spacial score (nSPS) is 13.7. The van der Waals surface area contributed by atoms with Crippen LogP contribution in [-0.4, -0.2) is 78.1 Å². The maximum absolute atomic E-state index is 13.1. The molecule has 1 aliphatic rings. The van der Waals surface area contributed by atoms with Crippen LogP contribution >= 0.6 is 23.2 Å². The lowest BCUT2D eigenvalue weighted by Crippen LogP contribution is -2.49. The van der Waals surface area contributed by atoms with Crippen molar-refractivity contribution in [1.29, 1.82) is 0 Å². The Morgan fingerprint density at radius 2 is 1.80 bits per heavy atom. The first-order valence-corrected chi connectivity index (χ1v) is 11.7. The molecule has 0 N–H and O–H groups in total. The lowest BCUT2D eigenvalue weighted by Gasteiger charge is -2.36. The molecule has 1 aliphatic heterocycles. The maximum Gasteiger partial charge on any atom is 0.319 e. The first-order chi connectivity index (χ1) is 16.9. The SMILES string of the molecule is COc1ncc(-c2nn(CC(=O)N3CCN(c4ccc(Cl)c(OC)c4)CC3)c(C)c2Cl)c(OC)n1. The average Bonchev–Trinajstić information content (AvgIpc) is 3.16. The molecule has 4 rings (SSSR count). The van der Waals surface area contributed by atoms with Gasteiger partial charge < -0.3 is 24.0 Å². The zero-order chi connectivity index (χ0) is 25.1. The molecular weight excluding hydrogens is 495 g/mol. The van der Waals surface area contributed by atoms with Crippen LogP contribution in [0.2, 0.25) is 10.0 Å². The Labute approximate surface area is 213 Å². The number of aromatic nitrogens is 4. The van der Waals surface area contributed by atoms with Crippen LogP contribution in [-0.2, 0) is 11.3 Å². The maximum atomic E-state index is 13.1. The van der Waals surface area contributed by atoms with Gasteiger partial charge in [0.25, 0.3) is 0 Å². The molecule has 1 fully saturated rings. The summed E-state index contributed by atoms with van der Waals surface area (Å²) in [7, 11) is 4.55. The Hall–Kier alpha value is -3.24. The van der Waals surface area contributed by atoms with Crippen molar-refractivity contribution in [3.8, 4) is 28.9 Å². The van der Waals surface area contributed by atoms with E-state index in [1.54, 1.807) is 11.8 Å². The highest BCUT2D eigenvalue weighted by molar-refractivity contribution is 6.33. The van der Waals surface area contributed by atoms with Crippen LogP contribution in [0.5, 0.6) is 17.6 Å². The zero-order valence-corrected chi connectivity index (χ0v) is 21.4. The molecule has 0 aliphatic carbocycles. The Kier molecular flexibility index (Phi) is 7.51. The average molecular weight is 521 g/mol. The fraction of sp³-hybridized carbons (Fsp3) is 0.391. The van der Waals surface area contributed by atoms with Crippen molar-refractivity contribution in [2.45, 2.75) is 13.5 Å². The lowest BCUT2D eigenvalue weighted by atomic mass is 10.2. The van der Waals surface area contributed by atoms with E-state index in [1.165, 1.54) is 20.4 Å². The van der Waals surface area contributed by atoms with Gasteiger partial charge in [-0.2, -0.15) is 10.1 Å². The molecular formula is C23H26Cl2N6O4. The van der Waals surface area contributed by atoms with Crippen LogP contribution in [0.25, 0.3) is 11.3 Å². The van der Waals surface area contributed by atoms with Gasteiger partial charge in [-0.1, -0.05) is 23.2 Å². The highest BCUT2D eigenvalue weighted by Gasteiger charge is 2.25. The van der Waals surface area contributed by atoms with E-state index in [9.17, 15) is 4.79 Å². The molecule has 12 heteroatoms. The number of hydrogen-bond acceptors (Lipinski definition) is 8. The standard InChI is InChI=1S/C23H26Cl2N6O4/c1-14-20(25)21(16-12-26-23(35-4)27-22(16)34-3)28-31(14)13-19(32)30-9-7-29(8-10-30)15-5-6-17(24)18(11-15)33-2/h5-6,11-12H,7-10,13H2,1-4H3. The first-order valence-electron chi connectivity index (χ1n) is 10.9. The number of carbonyl (C=O) groups is 1. The highest BCUT2D eigenvalue weighted by atomic mass is 35.5. The summed E-state index contributed by atoms with van der Waals surface area (Å²) in [5.74, 6) is 0.873. The zero-order valence-electron chi connectivity index (χ0n) is 19.9. The molecule has 35 heavy (non-hydrogen) atoms. The van der Waals surface area contributed by atoms with Gasteiger partial charge >= 0.3 is 6.01 Å². The summed E-state index contributed by atoms with van der Waals surface area (Å²) in [6.45, 7) is 4.45. The minimum atomic E-state index is -0.0369. The molecule has 2 aromatic heterocycles. The third-order valence-corrected chi connectivity index (χ3v) is 6.68. The van der Waals surface area contributed by atoms with E-state index < -0.39 is 0 Å². The summed E-state index contributed by atoms with van der Waals surface area (Å²) in [5.41, 5.74) is 2.63. The molecule has 1 amide bonds. The van der Waals surface area contributed by atoms with Gasteiger partial charge in [0.1, 0.15) is 18.0 Å². The number of methoxy groups -OCH3 is 3. The molecule has 0 radical (unpaired) electrons. The van der Waals surface area contributed by atoms with Crippen LogP contribution in [0.3, 0.4) is 0 Å². The van der Waals surface area contributed by atoms with E-state index in [1.807, 2.05) is 30.0 Å². The van der Waals surface area contributed by atoms with Gasteiger partial charge in [-0.3, -0.25) is 9.48 Å². The fourth-order valence-corrected chi connectivity index (χ4v) is 4.34. The minimum absolute atomic E-state index is 0.0369. The van der Waals surface area contributed by atoms with Crippen molar-refractivity contribution < 1.29 is 19.0 Å². The molecule has 0 bridgehead atoms. The summed E-state index contributed by atoms with van der Waals surface area (Å²) in [6, 6.07) is 5.85. The van der Waals surface area contributed by atoms with E-state index in [0.717, 1.165) is 5.69 Å². The first kappa shape index (κ1) is 24.9. The number of anilines is 1. The predicted octanol–water partition coefficient (Wildman–Crippen LogP) is 3.33. The molecule has 1 aromatic carbocycles. The molecule has 3 aromatic rings. The van der Waals surface area contributed by atoms with Crippen LogP contribution < -0.4 is 19.1 Å². The van der Waals surface area contributed by atoms with Gasteiger partial charge in [0.05, 0.1) is 42.6 Å². The van der Waals surface area contributed by atoms with Crippen LogP contribution in [0.15, 0.2) is 24.4 Å². The second-order valence-corrected chi connectivity index (χ2v) is 8.66. The second kappa shape index (κ2) is 10.6. The Bertz CT molecular complexity index is 1230. The molecule has 0 saturated carbocycles. The molecule has 186 valence electrons.